The fraction of sp³-hybridized carbons (Fsp3) is 0.406. The van der Waals surface area contributed by atoms with Crippen molar-refractivity contribution < 1.29 is 23.8 Å². The van der Waals surface area contributed by atoms with E-state index in [2.05, 4.69) is 69.3 Å². The SMILES string of the molecule is CCOC(=O)C[C@H]1C[C@H](O)[C@H](OCc2ccccc2)[C@@H]1O[Si](c1ccccc1)(c1ccccc1)C(C)(C)C. The van der Waals surface area contributed by atoms with Crippen LogP contribution < -0.4 is 10.4 Å². The van der Waals surface area contributed by atoms with Crippen molar-refractivity contribution in [2.45, 2.75) is 70.5 Å². The number of hydrogen-bond donors (Lipinski definition) is 1. The fourth-order valence-corrected chi connectivity index (χ4v) is 10.5. The second kappa shape index (κ2) is 12.4. The van der Waals surface area contributed by atoms with Crippen LogP contribution >= 0.6 is 0 Å². The first kappa shape index (κ1) is 28.2. The van der Waals surface area contributed by atoms with Crippen molar-refractivity contribution in [1.82, 2.24) is 0 Å². The number of hydrogen-bond acceptors (Lipinski definition) is 5. The zero-order valence-corrected chi connectivity index (χ0v) is 23.9. The van der Waals surface area contributed by atoms with Gasteiger partial charge < -0.3 is 19.0 Å². The van der Waals surface area contributed by atoms with Gasteiger partial charge in [-0.05, 0) is 40.2 Å². The molecule has 1 saturated carbocycles. The highest BCUT2D eigenvalue weighted by Gasteiger charge is 2.56. The van der Waals surface area contributed by atoms with Crippen LogP contribution in [0.15, 0.2) is 91.0 Å². The first-order valence-electron chi connectivity index (χ1n) is 13.5. The summed E-state index contributed by atoms with van der Waals surface area (Å²) in [4.78, 5) is 12.7. The summed E-state index contributed by atoms with van der Waals surface area (Å²) in [5.41, 5.74) is 1.03. The van der Waals surface area contributed by atoms with E-state index in [0.717, 1.165) is 15.9 Å². The molecule has 1 fully saturated rings. The molecule has 0 spiro atoms. The van der Waals surface area contributed by atoms with Crippen LogP contribution in [0.4, 0.5) is 0 Å². The summed E-state index contributed by atoms with van der Waals surface area (Å²) in [5, 5.41) is 13.3. The van der Waals surface area contributed by atoms with Gasteiger partial charge in [0.15, 0.2) is 0 Å². The van der Waals surface area contributed by atoms with Gasteiger partial charge in [0.05, 0.1) is 31.8 Å². The molecular weight excluding hydrogens is 492 g/mol. The predicted octanol–water partition coefficient (Wildman–Crippen LogP) is 4.85. The molecule has 0 unspecified atom stereocenters. The van der Waals surface area contributed by atoms with E-state index < -0.39 is 26.6 Å². The van der Waals surface area contributed by atoms with Gasteiger partial charge in [0.2, 0.25) is 0 Å². The Morgan fingerprint density at radius 1 is 0.868 bits per heavy atom. The van der Waals surface area contributed by atoms with Gasteiger partial charge in [-0.15, -0.1) is 0 Å². The maximum atomic E-state index is 12.7. The number of carbonyl (C=O) groups excluding carboxylic acids is 1. The van der Waals surface area contributed by atoms with Crippen molar-refractivity contribution in [2.75, 3.05) is 6.61 Å². The Bertz CT molecular complexity index is 1110. The molecule has 0 bridgehead atoms. The minimum Gasteiger partial charge on any atom is -0.466 e. The minimum absolute atomic E-state index is 0.180. The Morgan fingerprint density at radius 2 is 1.39 bits per heavy atom. The zero-order valence-electron chi connectivity index (χ0n) is 22.9. The quantitative estimate of drug-likeness (QED) is 0.299. The van der Waals surface area contributed by atoms with Crippen molar-refractivity contribution in [3.63, 3.8) is 0 Å². The summed E-state index contributed by atoms with van der Waals surface area (Å²) >= 11 is 0. The summed E-state index contributed by atoms with van der Waals surface area (Å²) in [6.45, 7) is 9.17. The molecule has 0 aliphatic heterocycles. The van der Waals surface area contributed by atoms with Crippen molar-refractivity contribution in [3.05, 3.63) is 96.6 Å². The van der Waals surface area contributed by atoms with Crippen LogP contribution in [-0.2, 0) is 25.3 Å². The molecule has 1 aliphatic carbocycles. The van der Waals surface area contributed by atoms with Gasteiger partial charge in [-0.1, -0.05) is 112 Å². The third-order valence-electron chi connectivity index (χ3n) is 7.46. The first-order chi connectivity index (χ1) is 18.3. The second-order valence-electron chi connectivity index (χ2n) is 11.1. The Hall–Kier alpha value is -2.77. The molecular formula is C32H40O5Si. The number of aliphatic hydroxyl groups is 1. The van der Waals surface area contributed by atoms with E-state index in [-0.39, 0.29) is 23.3 Å². The van der Waals surface area contributed by atoms with Crippen LogP contribution in [0.2, 0.25) is 5.04 Å². The summed E-state index contributed by atoms with van der Waals surface area (Å²) < 4.78 is 19.2. The van der Waals surface area contributed by atoms with Crippen molar-refractivity contribution in [1.29, 1.82) is 0 Å². The van der Waals surface area contributed by atoms with Crippen molar-refractivity contribution in [3.8, 4) is 0 Å². The minimum atomic E-state index is -2.95. The molecule has 4 atom stereocenters. The standard InChI is InChI=1S/C32H40O5Si/c1-5-35-29(34)22-25-21-28(33)31(36-23-24-15-9-6-10-16-24)30(25)37-38(32(2,3)4,26-17-11-7-12-18-26)27-19-13-8-14-20-27/h6-20,25,28,30-31,33H,5,21-23H2,1-4H3/t25-,28+,30-,31+/m1/s1. The average Bonchev–Trinajstić information content (AvgIpc) is 3.19. The molecule has 202 valence electrons. The topological polar surface area (TPSA) is 65.0 Å². The van der Waals surface area contributed by atoms with E-state index in [9.17, 15) is 9.90 Å². The van der Waals surface area contributed by atoms with Crippen molar-refractivity contribution >= 4 is 24.7 Å². The molecule has 0 saturated heterocycles. The van der Waals surface area contributed by atoms with Gasteiger partial charge in [-0.2, -0.15) is 0 Å². The molecule has 5 nitrogen and oxygen atoms in total. The van der Waals surface area contributed by atoms with Crippen LogP contribution in [0.25, 0.3) is 0 Å². The molecule has 0 aromatic heterocycles. The fourth-order valence-electron chi connectivity index (χ4n) is 5.73. The third-order valence-corrected chi connectivity index (χ3v) is 12.5. The summed E-state index contributed by atoms with van der Waals surface area (Å²) in [5.74, 6) is -0.504. The molecule has 3 aromatic carbocycles. The van der Waals surface area contributed by atoms with Crippen LogP contribution in [0.3, 0.4) is 0 Å². The smallest absolute Gasteiger partial charge is 0.306 e. The number of esters is 1. The molecule has 0 amide bonds. The van der Waals surface area contributed by atoms with E-state index >= 15 is 0 Å². The highest BCUT2D eigenvalue weighted by Crippen LogP contribution is 2.43. The van der Waals surface area contributed by atoms with E-state index in [1.807, 2.05) is 49.4 Å². The lowest BCUT2D eigenvalue weighted by Crippen LogP contribution is -2.68. The molecule has 1 aliphatic rings. The molecule has 0 heterocycles. The van der Waals surface area contributed by atoms with Gasteiger partial charge in [0.1, 0.15) is 6.10 Å². The Labute approximate surface area is 227 Å². The average molecular weight is 533 g/mol. The summed E-state index contributed by atoms with van der Waals surface area (Å²) in [6.07, 6.45) is -1.21. The molecule has 38 heavy (non-hydrogen) atoms. The number of ether oxygens (including phenoxy) is 2. The van der Waals surface area contributed by atoms with E-state index in [1.54, 1.807) is 0 Å². The second-order valence-corrected chi connectivity index (χ2v) is 15.3. The van der Waals surface area contributed by atoms with E-state index in [1.165, 1.54) is 0 Å². The van der Waals surface area contributed by atoms with E-state index in [0.29, 0.717) is 19.6 Å². The molecule has 3 aromatic rings. The highest BCUT2D eigenvalue weighted by atomic mass is 28.4. The molecule has 0 radical (unpaired) electrons. The van der Waals surface area contributed by atoms with Crippen LogP contribution in [-0.4, -0.2) is 44.3 Å². The van der Waals surface area contributed by atoms with Crippen LogP contribution in [0, 0.1) is 5.92 Å². The Kier molecular flexibility index (Phi) is 9.21. The first-order valence-corrected chi connectivity index (χ1v) is 15.4. The lowest BCUT2D eigenvalue weighted by atomic mass is 10.0. The van der Waals surface area contributed by atoms with Crippen LogP contribution in [0.5, 0.6) is 0 Å². The third kappa shape index (κ3) is 6.10. The zero-order chi connectivity index (χ0) is 27.2. The molecule has 6 heteroatoms. The largest absolute Gasteiger partial charge is 0.466 e. The molecule has 4 rings (SSSR count). The van der Waals surface area contributed by atoms with Gasteiger partial charge in [0, 0.05) is 0 Å². The van der Waals surface area contributed by atoms with E-state index in [4.69, 9.17) is 13.9 Å². The summed E-state index contributed by atoms with van der Waals surface area (Å²) in [6, 6.07) is 30.8. The Morgan fingerprint density at radius 3 is 1.89 bits per heavy atom. The Balaban J connectivity index is 1.78. The lowest BCUT2D eigenvalue weighted by Gasteiger charge is -2.46. The maximum absolute atomic E-state index is 12.7. The molecule has 1 N–H and O–H groups in total. The number of rotatable bonds is 10. The van der Waals surface area contributed by atoms with Gasteiger partial charge in [-0.25, -0.2) is 0 Å². The van der Waals surface area contributed by atoms with Crippen molar-refractivity contribution in [2.24, 2.45) is 5.92 Å². The monoisotopic (exact) mass is 532 g/mol. The van der Waals surface area contributed by atoms with Gasteiger partial charge in [0.25, 0.3) is 8.32 Å². The lowest BCUT2D eigenvalue weighted by molar-refractivity contribution is -0.145. The van der Waals surface area contributed by atoms with Gasteiger partial charge >= 0.3 is 5.97 Å². The number of aliphatic hydroxyl groups excluding tert-OH is 1. The predicted molar refractivity (Wildman–Crippen MR) is 153 cm³/mol. The summed E-state index contributed by atoms with van der Waals surface area (Å²) in [7, 11) is -2.95. The van der Waals surface area contributed by atoms with Gasteiger partial charge in [-0.3, -0.25) is 4.79 Å². The highest BCUT2D eigenvalue weighted by molar-refractivity contribution is 6.99. The maximum Gasteiger partial charge on any atom is 0.306 e. The van der Waals surface area contributed by atoms with Crippen LogP contribution in [0.1, 0.15) is 46.1 Å². The number of carbonyl (C=O) groups is 1. The number of benzene rings is 3. The normalized spacial score (nSPS) is 21.8.